The van der Waals surface area contributed by atoms with E-state index in [-0.39, 0.29) is 22.6 Å². The first-order valence-corrected chi connectivity index (χ1v) is 2.30. The van der Waals surface area contributed by atoms with Crippen LogP contribution in [-0.4, -0.2) is 18.1 Å². The topological polar surface area (TPSA) is 24.7 Å². The van der Waals surface area contributed by atoms with Crippen molar-refractivity contribution in [2.24, 2.45) is 9.98 Å². The van der Waals surface area contributed by atoms with Crippen LogP contribution in [0.4, 0.5) is 0 Å². The van der Waals surface area contributed by atoms with Gasteiger partial charge in [0.25, 0.3) is 0 Å². The van der Waals surface area contributed by atoms with Crippen LogP contribution in [0.2, 0.25) is 0 Å². The monoisotopic (exact) mass is 176 g/mol. The van der Waals surface area contributed by atoms with E-state index >= 15 is 0 Å². The number of rotatable bonds is 0. The molecule has 0 saturated heterocycles. The molecule has 0 unspecified atom stereocenters. The van der Waals surface area contributed by atoms with Gasteiger partial charge in [-0.05, 0) is 13.8 Å². The van der Waals surface area contributed by atoms with Crippen LogP contribution < -0.4 is 0 Å². The van der Waals surface area contributed by atoms with Crippen molar-refractivity contribution in [2.75, 3.05) is 0 Å². The molecule has 1 aliphatic heterocycles. The van der Waals surface area contributed by atoms with Crippen molar-refractivity contribution >= 4 is 29.4 Å². The lowest BCUT2D eigenvalue weighted by molar-refractivity contribution is 0.569. The molecule has 1 aliphatic rings. The molecule has 0 bridgehead atoms. The fourth-order valence-electron chi connectivity index (χ4n) is 0.465. The van der Waals surface area contributed by atoms with E-state index in [1.54, 1.807) is 12.4 Å². The summed E-state index contributed by atoms with van der Waals surface area (Å²) in [5.74, 6) is 0. The first kappa shape index (κ1) is 7.82. The number of halogens is 1. The summed E-state index contributed by atoms with van der Waals surface area (Å²) in [6.07, 6.45) is 3.44. The number of hydrogen-bond acceptors (Lipinski definition) is 2. The summed E-state index contributed by atoms with van der Waals surface area (Å²) in [5, 5.41) is 0. The molecule has 0 aliphatic carbocycles. The fourth-order valence-corrected chi connectivity index (χ4v) is 0.465. The maximum Gasteiger partial charge on any atom is 0.144 e. The van der Waals surface area contributed by atoms with E-state index < -0.39 is 0 Å². The van der Waals surface area contributed by atoms with Crippen molar-refractivity contribution in [1.29, 1.82) is 0 Å². The van der Waals surface area contributed by atoms with E-state index in [1.165, 1.54) is 0 Å². The zero-order valence-electron chi connectivity index (χ0n) is 4.96. The Balaban J connectivity index is 0.000000490. The fraction of sp³-hybridized carbons (Fsp3) is 0.600. The Morgan fingerprint density at radius 3 is 1.62 bits per heavy atom. The normalized spacial score (nSPS) is 20.8. The summed E-state index contributed by atoms with van der Waals surface area (Å²) >= 11 is 0. The first-order chi connectivity index (χ1) is 3.21. The van der Waals surface area contributed by atoms with E-state index in [0.29, 0.717) is 0 Å². The van der Waals surface area contributed by atoms with Crippen molar-refractivity contribution in [3.63, 3.8) is 0 Å². The number of nitrogens with zero attached hydrogens (tertiary/aromatic N) is 2. The van der Waals surface area contributed by atoms with Crippen LogP contribution in [-0.2, 0) is 0 Å². The highest BCUT2D eigenvalue weighted by Crippen LogP contribution is 2.10. The van der Waals surface area contributed by atoms with Gasteiger partial charge in [-0.1, -0.05) is 0 Å². The smallest absolute Gasteiger partial charge is 0.144 e. The third-order valence-corrected chi connectivity index (χ3v) is 0.848. The Morgan fingerprint density at radius 1 is 1.12 bits per heavy atom. The molecule has 0 aromatic rings. The molecular formula is C5H9BrN2. The lowest BCUT2D eigenvalue weighted by Crippen LogP contribution is -2.07. The summed E-state index contributed by atoms with van der Waals surface area (Å²) in [6.45, 7) is 3.93. The van der Waals surface area contributed by atoms with Crippen LogP contribution in [0.25, 0.3) is 0 Å². The van der Waals surface area contributed by atoms with Crippen molar-refractivity contribution in [3.05, 3.63) is 0 Å². The summed E-state index contributed by atoms with van der Waals surface area (Å²) in [4.78, 5) is 8.04. The van der Waals surface area contributed by atoms with Crippen LogP contribution in [0.1, 0.15) is 13.8 Å². The van der Waals surface area contributed by atoms with Gasteiger partial charge in [-0.3, -0.25) is 9.98 Å². The van der Waals surface area contributed by atoms with Gasteiger partial charge in [0, 0.05) is 12.4 Å². The van der Waals surface area contributed by atoms with Gasteiger partial charge in [0.1, 0.15) is 5.66 Å². The highest BCUT2D eigenvalue weighted by molar-refractivity contribution is 8.93. The van der Waals surface area contributed by atoms with Crippen LogP contribution in [0.15, 0.2) is 9.98 Å². The maximum atomic E-state index is 4.02. The average Bonchev–Trinajstić information content (AvgIpc) is 1.84. The van der Waals surface area contributed by atoms with E-state index in [0.717, 1.165) is 0 Å². The Morgan fingerprint density at radius 2 is 1.50 bits per heavy atom. The van der Waals surface area contributed by atoms with Crippen LogP contribution in [0.3, 0.4) is 0 Å². The minimum atomic E-state index is -0.167. The van der Waals surface area contributed by atoms with E-state index in [9.17, 15) is 0 Å². The van der Waals surface area contributed by atoms with Gasteiger partial charge >= 0.3 is 0 Å². The molecule has 0 amide bonds. The lowest BCUT2D eigenvalue weighted by atomic mass is 10.3. The molecule has 0 saturated carbocycles. The minimum Gasteiger partial charge on any atom is -0.262 e. The molecule has 3 heteroatoms. The van der Waals surface area contributed by atoms with Crippen molar-refractivity contribution in [2.45, 2.75) is 19.5 Å². The highest BCUT2D eigenvalue weighted by Gasteiger charge is 2.12. The van der Waals surface area contributed by atoms with E-state index in [2.05, 4.69) is 9.98 Å². The molecule has 1 rings (SSSR count). The van der Waals surface area contributed by atoms with Gasteiger partial charge in [-0.15, -0.1) is 17.0 Å². The Bertz CT molecular complexity index is 112. The van der Waals surface area contributed by atoms with Crippen molar-refractivity contribution in [1.82, 2.24) is 0 Å². The Kier molecular flexibility index (Phi) is 2.34. The average molecular weight is 177 g/mol. The lowest BCUT2D eigenvalue weighted by Gasteiger charge is -2.06. The van der Waals surface area contributed by atoms with Crippen LogP contribution in [0, 0.1) is 0 Å². The SMILES string of the molecule is Br.CC1(C)N=CC=N1. The maximum absolute atomic E-state index is 4.02. The molecule has 0 aromatic carbocycles. The molecule has 0 fully saturated rings. The minimum absolute atomic E-state index is 0. The number of hydrogen-bond donors (Lipinski definition) is 0. The van der Waals surface area contributed by atoms with Gasteiger partial charge in [-0.25, -0.2) is 0 Å². The molecule has 0 N–H and O–H groups in total. The Hall–Kier alpha value is -0.180. The second kappa shape index (κ2) is 2.40. The molecule has 0 aromatic heterocycles. The summed E-state index contributed by atoms with van der Waals surface area (Å²) in [5.41, 5.74) is -0.167. The van der Waals surface area contributed by atoms with E-state index in [4.69, 9.17) is 0 Å². The van der Waals surface area contributed by atoms with Gasteiger partial charge in [0.2, 0.25) is 0 Å². The summed E-state index contributed by atoms with van der Waals surface area (Å²) in [6, 6.07) is 0. The Labute approximate surface area is 59.5 Å². The summed E-state index contributed by atoms with van der Waals surface area (Å²) < 4.78 is 0. The standard InChI is InChI=1S/C5H8N2.BrH/c1-5(2)6-3-4-7-5;/h3-4H,1-2H3;1H. The second-order valence-corrected chi connectivity index (χ2v) is 2.05. The van der Waals surface area contributed by atoms with Gasteiger partial charge in [0.05, 0.1) is 0 Å². The third-order valence-electron chi connectivity index (χ3n) is 0.848. The molecule has 0 radical (unpaired) electrons. The molecule has 0 spiro atoms. The zero-order valence-corrected chi connectivity index (χ0v) is 6.67. The third kappa shape index (κ3) is 1.74. The van der Waals surface area contributed by atoms with E-state index in [1.807, 2.05) is 13.8 Å². The zero-order chi connectivity index (χ0) is 5.33. The van der Waals surface area contributed by atoms with Crippen LogP contribution >= 0.6 is 17.0 Å². The van der Waals surface area contributed by atoms with Crippen molar-refractivity contribution in [3.8, 4) is 0 Å². The van der Waals surface area contributed by atoms with Gasteiger partial charge in [0.15, 0.2) is 0 Å². The molecule has 46 valence electrons. The van der Waals surface area contributed by atoms with Crippen LogP contribution in [0.5, 0.6) is 0 Å². The van der Waals surface area contributed by atoms with Gasteiger partial charge < -0.3 is 0 Å². The molecule has 2 nitrogen and oxygen atoms in total. The largest absolute Gasteiger partial charge is 0.262 e. The first-order valence-electron chi connectivity index (χ1n) is 2.30. The van der Waals surface area contributed by atoms with Crippen molar-refractivity contribution < 1.29 is 0 Å². The number of aliphatic imine (C=N–C) groups is 2. The molecular weight excluding hydrogens is 168 g/mol. The quantitative estimate of drug-likeness (QED) is 0.535. The summed E-state index contributed by atoms with van der Waals surface area (Å²) in [7, 11) is 0. The second-order valence-electron chi connectivity index (χ2n) is 2.05. The molecule has 1 heterocycles. The molecule has 0 atom stereocenters. The van der Waals surface area contributed by atoms with Gasteiger partial charge in [-0.2, -0.15) is 0 Å². The predicted octanol–water partition coefficient (Wildman–Crippen LogP) is 1.46. The highest BCUT2D eigenvalue weighted by atomic mass is 79.9. The predicted molar refractivity (Wildman–Crippen MR) is 41.4 cm³/mol. The molecule has 8 heavy (non-hydrogen) atoms.